The summed E-state index contributed by atoms with van der Waals surface area (Å²) < 4.78 is 0. The Morgan fingerprint density at radius 2 is 2.05 bits per heavy atom. The summed E-state index contributed by atoms with van der Waals surface area (Å²) in [5.41, 5.74) is 1.41. The van der Waals surface area contributed by atoms with Crippen molar-refractivity contribution in [3.05, 3.63) is 46.5 Å². The number of aryl methyl sites for hydroxylation is 1. The number of likely N-dealkylation sites (N-methyl/N-ethyl adjacent to an activating group) is 1. The van der Waals surface area contributed by atoms with Crippen LogP contribution in [0.3, 0.4) is 0 Å². The van der Waals surface area contributed by atoms with Crippen LogP contribution in [0.1, 0.15) is 39.7 Å². The van der Waals surface area contributed by atoms with Gasteiger partial charge in [-0.1, -0.05) is 18.2 Å². The molecule has 2 N–H and O–H groups in total. The maximum Gasteiger partial charge on any atom is 0.257 e. The minimum absolute atomic E-state index is 0.00724. The van der Waals surface area contributed by atoms with Crippen molar-refractivity contribution in [2.24, 2.45) is 0 Å². The molecule has 1 aliphatic rings. The van der Waals surface area contributed by atoms with Crippen molar-refractivity contribution in [2.75, 3.05) is 12.4 Å². The highest BCUT2D eigenvalue weighted by atomic mass is 32.1. The summed E-state index contributed by atoms with van der Waals surface area (Å²) in [4.78, 5) is 29.7. The molecule has 5 nitrogen and oxygen atoms in total. The van der Waals surface area contributed by atoms with Gasteiger partial charge < -0.3 is 5.32 Å². The Labute approximate surface area is 132 Å². The standard InChI is InChI=1S/C16H17N3O2S/c1-17-15(21)11-8-5-9-12-13(11)18-16(22-12)19-14(20)10-6-3-2-4-7-10/h2-4,6-7,11H,5,8-9H2,1H3,(H,17,21)(H,18,19,20). The molecular weight excluding hydrogens is 298 g/mol. The molecule has 114 valence electrons. The molecule has 1 heterocycles. The predicted molar refractivity (Wildman–Crippen MR) is 86.3 cm³/mol. The second-order valence-electron chi connectivity index (χ2n) is 5.21. The Kier molecular flexibility index (Phi) is 4.20. The second-order valence-corrected chi connectivity index (χ2v) is 6.29. The van der Waals surface area contributed by atoms with E-state index in [9.17, 15) is 9.59 Å². The Morgan fingerprint density at radius 3 is 2.77 bits per heavy atom. The van der Waals surface area contributed by atoms with Gasteiger partial charge in [0.25, 0.3) is 5.91 Å². The van der Waals surface area contributed by atoms with Crippen molar-refractivity contribution in [3.63, 3.8) is 0 Å². The molecule has 0 bridgehead atoms. The molecule has 0 fully saturated rings. The fourth-order valence-electron chi connectivity index (χ4n) is 2.66. The minimum Gasteiger partial charge on any atom is -0.359 e. The van der Waals surface area contributed by atoms with Crippen LogP contribution in [0.25, 0.3) is 0 Å². The molecule has 1 aromatic carbocycles. The van der Waals surface area contributed by atoms with Crippen LogP contribution in [0.2, 0.25) is 0 Å². The summed E-state index contributed by atoms with van der Waals surface area (Å²) in [6.07, 6.45) is 2.70. The predicted octanol–water partition coefficient (Wildman–Crippen LogP) is 2.56. The van der Waals surface area contributed by atoms with Crippen LogP contribution < -0.4 is 10.6 Å². The number of carbonyl (C=O) groups is 2. The van der Waals surface area contributed by atoms with Crippen molar-refractivity contribution in [1.29, 1.82) is 0 Å². The zero-order valence-electron chi connectivity index (χ0n) is 12.3. The molecule has 0 saturated carbocycles. The fraction of sp³-hybridized carbons (Fsp3) is 0.312. The second kappa shape index (κ2) is 6.27. The lowest BCUT2D eigenvalue weighted by Gasteiger charge is -2.19. The molecule has 1 aliphatic carbocycles. The lowest BCUT2D eigenvalue weighted by Crippen LogP contribution is -2.28. The highest BCUT2D eigenvalue weighted by molar-refractivity contribution is 7.15. The van der Waals surface area contributed by atoms with Crippen LogP contribution in [0, 0.1) is 0 Å². The monoisotopic (exact) mass is 315 g/mol. The number of nitrogens with one attached hydrogen (secondary N) is 2. The van der Waals surface area contributed by atoms with Gasteiger partial charge in [0, 0.05) is 17.5 Å². The van der Waals surface area contributed by atoms with E-state index in [1.54, 1.807) is 19.2 Å². The van der Waals surface area contributed by atoms with E-state index in [-0.39, 0.29) is 17.7 Å². The van der Waals surface area contributed by atoms with Crippen LogP contribution in [-0.2, 0) is 11.2 Å². The van der Waals surface area contributed by atoms with Gasteiger partial charge in [-0.2, -0.15) is 0 Å². The third-order valence-electron chi connectivity index (χ3n) is 3.77. The summed E-state index contributed by atoms with van der Waals surface area (Å²) in [7, 11) is 1.64. The number of hydrogen-bond donors (Lipinski definition) is 2. The van der Waals surface area contributed by atoms with Crippen LogP contribution in [0.5, 0.6) is 0 Å². The van der Waals surface area contributed by atoms with Gasteiger partial charge >= 0.3 is 0 Å². The minimum atomic E-state index is -0.202. The largest absolute Gasteiger partial charge is 0.359 e. The van der Waals surface area contributed by atoms with E-state index in [0.29, 0.717) is 10.7 Å². The van der Waals surface area contributed by atoms with Crippen molar-refractivity contribution in [1.82, 2.24) is 10.3 Å². The third-order valence-corrected chi connectivity index (χ3v) is 4.82. The normalized spacial score (nSPS) is 16.7. The van der Waals surface area contributed by atoms with Crippen molar-refractivity contribution < 1.29 is 9.59 Å². The number of carbonyl (C=O) groups excluding carboxylic acids is 2. The molecule has 22 heavy (non-hydrogen) atoms. The lowest BCUT2D eigenvalue weighted by atomic mass is 9.90. The van der Waals surface area contributed by atoms with E-state index in [0.717, 1.165) is 29.8 Å². The van der Waals surface area contributed by atoms with Crippen molar-refractivity contribution in [3.8, 4) is 0 Å². The van der Waals surface area contributed by atoms with E-state index in [1.807, 2.05) is 18.2 Å². The first-order valence-corrected chi connectivity index (χ1v) is 8.08. The van der Waals surface area contributed by atoms with Crippen LogP contribution >= 0.6 is 11.3 Å². The Balaban J connectivity index is 1.81. The van der Waals surface area contributed by atoms with E-state index in [2.05, 4.69) is 15.6 Å². The molecule has 0 saturated heterocycles. The summed E-state index contributed by atoms with van der Waals surface area (Å²) in [5.74, 6) is -0.386. The van der Waals surface area contributed by atoms with Crippen LogP contribution in [-0.4, -0.2) is 23.8 Å². The van der Waals surface area contributed by atoms with Gasteiger partial charge in [0.2, 0.25) is 5.91 Å². The number of hydrogen-bond acceptors (Lipinski definition) is 4. The van der Waals surface area contributed by atoms with E-state index in [4.69, 9.17) is 0 Å². The smallest absolute Gasteiger partial charge is 0.257 e. The maximum absolute atomic E-state index is 12.2. The van der Waals surface area contributed by atoms with Gasteiger partial charge in [-0.3, -0.25) is 14.9 Å². The van der Waals surface area contributed by atoms with Gasteiger partial charge in [0.15, 0.2) is 5.13 Å². The third kappa shape index (κ3) is 2.87. The Hall–Kier alpha value is -2.21. The number of fused-ring (bicyclic) bond motifs is 1. The van der Waals surface area contributed by atoms with Crippen molar-refractivity contribution in [2.45, 2.75) is 25.2 Å². The lowest BCUT2D eigenvalue weighted by molar-refractivity contribution is -0.122. The molecule has 1 aromatic heterocycles. The summed E-state index contributed by atoms with van der Waals surface area (Å²) in [5, 5.41) is 6.08. The van der Waals surface area contributed by atoms with Crippen molar-refractivity contribution >= 4 is 28.3 Å². The molecule has 0 radical (unpaired) electrons. The molecule has 2 aromatic rings. The summed E-state index contributed by atoms with van der Waals surface area (Å²) >= 11 is 1.47. The highest BCUT2D eigenvalue weighted by Crippen LogP contribution is 2.36. The van der Waals surface area contributed by atoms with Gasteiger partial charge in [0.1, 0.15) is 0 Å². The zero-order chi connectivity index (χ0) is 15.5. The zero-order valence-corrected chi connectivity index (χ0v) is 13.1. The molecule has 0 aliphatic heterocycles. The maximum atomic E-state index is 12.2. The number of rotatable bonds is 3. The van der Waals surface area contributed by atoms with E-state index >= 15 is 0 Å². The molecular formula is C16H17N3O2S. The molecule has 6 heteroatoms. The number of aromatic nitrogens is 1. The first-order valence-electron chi connectivity index (χ1n) is 7.26. The first kappa shape index (κ1) is 14.7. The van der Waals surface area contributed by atoms with Gasteiger partial charge in [-0.05, 0) is 31.4 Å². The van der Waals surface area contributed by atoms with Gasteiger partial charge in [-0.25, -0.2) is 4.98 Å². The Morgan fingerprint density at radius 1 is 1.27 bits per heavy atom. The van der Waals surface area contributed by atoms with Crippen LogP contribution in [0.15, 0.2) is 30.3 Å². The van der Waals surface area contributed by atoms with Gasteiger partial charge in [0.05, 0.1) is 11.6 Å². The average Bonchev–Trinajstić information content (AvgIpc) is 2.97. The number of anilines is 1. The molecule has 3 rings (SSSR count). The highest BCUT2D eigenvalue weighted by Gasteiger charge is 2.29. The molecule has 0 spiro atoms. The van der Waals surface area contributed by atoms with E-state index in [1.165, 1.54) is 11.3 Å². The molecule has 1 atom stereocenters. The quantitative estimate of drug-likeness (QED) is 0.914. The number of nitrogens with zero attached hydrogens (tertiary/aromatic N) is 1. The number of thiazole rings is 1. The Bertz CT molecular complexity index is 697. The summed E-state index contributed by atoms with van der Waals surface area (Å²) in [6, 6.07) is 9.03. The SMILES string of the molecule is CNC(=O)C1CCCc2sc(NC(=O)c3ccccc3)nc21. The van der Waals surface area contributed by atoms with Gasteiger partial charge in [-0.15, -0.1) is 11.3 Å². The van der Waals surface area contributed by atoms with E-state index < -0.39 is 0 Å². The number of amides is 2. The summed E-state index contributed by atoms with van der Waals surface area (Å²) in [6.45, 7) is 0. The molecule has 1 unspecified atom stereocenters. The molecule has 2 amide bonds. The van der Waals surface area contributed by atoms with Crippen LogP contribution in [0.4, 0.5) is 5.13 Å². The number of benzene rings is 1. The fourth-order valence-corrected chi connectivity index (χ4v) is 3.72. The topological polar surface area (TPSA) is 71.1 Å². The average molecular weight is 315 g/mol. The first-order chi connectivity index (χ1) is 10.7.